The molecule has 0 aliphatic heterocycles. The first-order valence-electron chi connectivity index (χ1n) is 5.27. The lowest BCUT2D eigenvalue weighted by molar-refractivity contribution is 0.414. The molecular weight excluding hydrogens is 193 g/mol. The van der Waals surface area contributed by atoms with E-state index in [-0.39, 0.29) is 11.9 Å². The second-order valence-electron chi connectivity index (χ2n) is 3.68. The molecule has 0 bridgehead atoms. The first kappa shape index (κ1) is 11.8. The third kappa shape index (κ3) is 3.42. The molecule has 0 aromatic heterocycles. The molecule has 0 spiro atoms. The minimum Gasteiger partial charge on any atom is -0.497 e. The third-order valence-corrected chi connectivity index (χ3v) is 2.30. The van der Waals surface area contributed by atoms with E-state index in [0.717, 1.165) is 12.8 Å². The van der Waals surface area contributed by atoms with Crippen LogP contribution in [0.1, 0.15) is 26.7 Å². The highest BCUT2D eigenvalue weighted by atomic mass is 19.1. The standard InChI is InChI=1S/C12H18FNO/c1-4-5-9(2)14-12-8-10(15-3)6-7-11(12)13/h6-9,14H,4-5H2,1-3H3/t9-/m0/s1. The Morgan fingerprint density at radius 1 is 1.47 bits per heavy atom. The Balaban J connectivity index is 2.74. The Bertz CT molecular complexity index is 314. The van der Waals surface area contributed by atoms with Gasteiger partial charge in [0.2, 0.25) is 0 Å². The van der Waals surface area contributed by atoms with E-state index in [9.17, 15) is 4.39 Å². The van der Waals surface area contributed by atoms with Crippen LogP contribution < -0.4 is 10.1 Å². The Labute approximate surface area is 90.4 Å². The quantitative estimate of drug-likeness (QED) is 0.805. The highest BCUT2D eigenvalue weighted by Gasteiger charge is 2.06. The molecular formula is C12H18FNO. The smallest absolute Gasteiger partial charge is 0.146 e. The van der Waals surface area contributed by atoms with Crippen LogP contribution in [0.3, 0.4) is 0 Å². The van der Waals surface area contributed by atoms with Crippen molar-refractivity contribution in [3.8, 4) is 5.75 Å². The predicted octanol–water partition coefficient (Wildman–Crippen LogP) is 3.43. The predicted molar refractivity (Wildman–Crippen MR) is 60.9 cm³/mol. The molecule has 84 valence electrons. The largest absolute Gasteiger partial charge is 0.497 e. The minimum absolute atomic E-state index is 0.237. The third-order valence-electron chi connectivity index (χ3n) is 2.30. The molecule has 0 amide bonds. The van der Waals surface area contributed by atoms with Crippen LogP contribution in [0.5, 0.6) is 5.75 Å². The zero-order chi connectivity index (χ0) is 11.3. The lowest BCUT2D eigenvalue weighted by Gasteiger charge is -2.15. The average molecular weight is 211 g/mol. The van der Waals surface area contributed by atoms with E-state index >= 15 is 0 Å². The molecule has 0 aliphatic rings. The van der Waals surface area contributed by atoms with Crippen LogP contribution in [-0.2, 0) is 0 Å². The van der Waals surface area contributed by atoms with Gasteiger partial charge >= 0.3 is 0 Å². The topological polar surface area (TPSA) is 21.3 Å². The van der Waals surface area contributed by atoms with Gasteiger partial charge in [0.25, 0.3) is 0 Å². The number of nitrogens with one attached hydrogen (secondary N) is 1. The van der Waals surface area contributed by atoms with E-state index in [1.165, 1.54) is 6.07 Å². The second-order valence-corrected chi connectivity index (χ2v) is 3.68. The number of anilines is 1. The van der Waals surface area contributed by atoms with Gasteiger partial charge in [-0.25, -0.2) is 4.39 Å². The summed E-state index contributed by atoms with van der Waals surface area (Å²) in [4.78, 5) is 0. The molecule has 0 saturated carbocycles. The van der Waals surface area contributed by atoms with Gasteiger partial charge in [-0.15, -0.1) is 0 Å². The lowest BCUT2D eigenvalue weighted by Crippen LogP contribution is -2.15. The van der Waals surface area contributed by atoms with Crippen molar-refractivity contribution in [2.45, 2.75) is 32.7 Å². The normalized spacial score (nSPS) is 12.3. The SMILES string of the molecule is CCC[C@H](C)Nc1cc(OC)ccc1F. The van der Waals surface area contributed by atoms with Crippen LogP contribution in [-0.4, -0.2) is 13.2 Å². The number of halogens is 1. The van der Waals surface area contributed by atoms with E-state index in [0.29, 0.717) is 11.4 Å². The van der Waals surface area contributed by atoms with Gasteiger partial charge in [0.05, 0.1) is 12.8 Å². The van der Waals surface area contributed by atoms with Crippen LogP contribution in [0.25, 0.3) is 0 Å². The van der Waals surface area contributed by atoms with Crippen molar-refractivity contribution in [2.24, 2.45) is 0 Å². The zero-order valence-corrected chi connectivity index (χ0v) is 9.51. The fourth-order valence-electron chi connectivity index (χ4n) is 1.51. The van der Waals surface area contributed by atoms with Gasteiger partial charge in [0, 0.05) is 12.1 Å². The van der Waals surface area contributed by atoms with Crippen LogP contribution in [0.15, 0.2) is 18.2 Å². The van der Waals surface area contributed by atoms with Gasteiger partial charge in [0.15, 0.2) is 0 Å². The van der Waals surface area contributed by atoms with Crippen LogP contribution in [0.4, 0.5) is 10.1 Å². The summed E-state index contributed by atoms with van der Waals surface area (Å²) in [5.41, 5.74) is 0.510. The van der Waals surface area contributed by atoms with E-state index in [2.05, 4.69) is 12.2 Å². The van der Waals surface area contributed by atoms with Crippen LogP contribution in [0, 0.1) is 5.82 Å². The van der Waals surface area contributed by atoms with Crippen molar-refractivity contribution in [3.05, 3.63) is 24.0 Å². The molecule has 1 N–H and O–H groups in total. The molecule has 0 heterocycles. The lowest BCUT2D eigenvalue weighted by atomic mass is 10.2. The molecule has 0 radical (unpaired) electrons. The van der Waals surface area contributed by atoms with Gasteiger partial charge in [-0.3, -0.25) is 0 Å². The van der Waals surface area contributed by atoms with Crippen molar-refractivity contribution >= 4 is 5.69 Å². The number of rotatable bonds is 5. The van der Waals surface area contributed by atoms with E-state index < -0.39 is 0 Å². The second kappa shape index (κ2) is 5.59. The molecule has 1 rings (SSSR count). The van der Waals surface area contributed by atoms with Gasteiger partial charge < -0.3 is 10.1 Å². The Hall–Kier alpha value is -1.25. The van der Waals surface area contributed by atoms with Crippen LogP contribution >= 0.6 is 0 Å². The zero-order valence-electron chi connectivity index (χ0n) is 9.51. The van der Waals surface area contributed by atoms with Crippen molar-refractivity contribution in [1.29, 1.82) is 0 Å². The summed E-state index contributed by atoms with van der Waals surface area (Å²) >= 11 is 0. The van der Waals surface area contributed by atoms with Gasteiger partial charge in [-0.05, 0) is 25.5 Å². The average Bonchev–Trinajstić information content (AvgIpc) is 2.21. The molecule has 1 aromatic rings. The number of ether oxygens (including phenoxy) is 1. The fourth-order valence-corrected chi connectivity index (χ4v) is 1.51. The maximum absolute atomic E-state index is 13.4. The minimum atomic E-state index is -0.237. The van der Waals surface area contributed by atoms with Gasteiger partial charge in [0.1, 0.15) is 11.6 Å². The summed E-state index contributed by atoms with van der Waals surface area (Å²) in [6.45, 7) is 4.16. The summed E-state index contributed by atoms with van der Waals surface area (Å²) in [7, 11) is 1.58. The summed E-state index contributed by atoms with van der Waals surface area (Å²) in [6, 6.07) is 4.99. The first-order chi connectivity index (χ1) is 7.17. The fraction of sp³-hybridized carbons (Fsp3) is 0.500. The van der Waals surface area contributed by atoms with Gasteiger partial charge in [-0.1, -0.05) is 13.3 Å². The molecule has 0 fully saturated rings. The molecule has 0 aliphatic carbocycles. The molecule has 3 heteroatoms. The first-order valence-corrected chi connectivity index (χ1v) is 5.27. The highest BCUT2D eigenvalue weighted by molar-refractivity contribution is 5.50. The summed E-state index contributed by atoms with van der Waals surface area (Å²) in [5.74, 6) is 0.432. The van der Waals surface area contributed by atoms with Crippen molar-refractivity contribution in [1.82, 2.24) is 0 Å². The van der Waals surface area contributed by atoms with E-state index in [4.69, 9.17) is 4.74 Å². The van der Waals surface area contributed by atoms with E-state index in [1.807, 2.05) is 6.92 Å². The number of hydrogen-bond donors (Lipinski definition) is 1. The van der Waals surface area contributed by atoms with Crippen LogP contribution in [0.2, 0.25) is 0 Å². The molecule has 1 aromatic carbocycles. The number of benzene rings is 1. The molecule has 0 unspecified atom stereocenters. The Morgan fingerprint density at radius 2 is 2.20 bits per heavy atom. The van der Waals surface area contributed by atoms with Gasteiger partial charge in [-0.2, -0.15) is 0 Å². The van der Waals surface area contributed by atoms with E-state index in [1.54, 1.807) is 19.2 Å². The monoisotopic (exact) mass is 211 g/mol. The van der Waals surface area contributed by atoms with Crippen molar-refractivity contribution in [3.63, 3.8) is 0 Å². The summed E-state index contributed by atoms with van der Waals surface area (Å²) in [6.07, 6.45) is 2.11. The van der Waals surface area contributed by atoms with Crippen molar-refractivity contribution in [2.75, 3.05) is 12.4 Å². The maximum atomic E-state index is 13.4. The molecule has 15 heavy (non-hydrogen) atoms. The Morgan fingerprint density at radius 3 is 2.80 bits per heavy atom. The highest BCUT2D eigenvalue weighted by Crippen LogP contribution is 2.22. The molecule has 2 nitrogen and oxygen atoms in total. The molecule has 1 atom stereocenters. The number of methoxy groups -OCH3 is 1. The summed E-state index contributed by atoms with van der Waals surface area (Å²) < 4.78 is 18.4. The summed E-state index contributed by atoms with van der Waals surface area (Å²) in [5, 5.41) is 3.13. The number of hydrogen-bond acceptors (Lipinski definition) is 2. The van der Waals surface area contributed by atoms with Crippen molar-refractivity contribution < 1.29 is 9.13 Å². The maximum Gasteiger partial charge on any atom is 0.146 e. The molecule has 0 saturated heterocycles. The Kier molecular flexibility index (Phi) is 4.40.